The average Bonchev–Trinajstić information content (AvgIpc) is 2.88. The SMILES string of the molecule is COc1ccc2nccc(CCC[C@@H]3CCN(CCCSC4CCCCC4)C[C@@H]3CC(=O)O)c2c1. The summed E-state index contributed by atoms with van der Waals surface area (Å²) in [5.74, 6) is 2.22. The van der Waals surface area contributed by atoms with Crippen LogP contribution in [0.4, 0.5) is 0 Å². The molecule has 0 bridgehead atoms. The lowest BCUT2D eigenvalue weighted by Gasteiger charge is -2.38. The molecule has 2 atom stereocenters. The van der Waals surface area contributed by atoms with Gasteiger partial charge >= 0.3 is 5.97 Å². The first-order chi connectivity index (χ1) is 17.1. The minimum atomic E-state index is -0.651. The third-order valence-electron chi connectivity index (χ3n) is 8.00. The van der Waals surface area contributed by atoms with E-state index in [1.807, 2.05) is 18.3 Å². The molecular weight excluding hydrogens is 456 g/mol. The summed E-state index contributed by atoms with van der Waals surface area (Å²) in [6, 6.07) is 8.17. The highest BCUT2D eigenvalue weighted by molar-refractivity contribution is 7.99. The molecule has 192 valence electrons. The Labute approximate surface area is 215 Å². The van der Waals surface area contributed by atoms with E-state index in [-0.39, 0.29) is 5.92 Å². The van der Waals surface area contributed by atoms with E-state index in [9.17, 15) is 9.90 Å². The van der Waals surface area contributed by atoms with Crippen LogP contribution in [0.3, 0.4) is 0 Å². The molecule has 1 aliphatic carbocycles. The first kappa shape index (κ1) is 26.3. The number of carbonyl (C=O) groups is 1. The van der Waals surface area contributed by atoms with E-state index in [2.05, 4.69) is 33.8 Å². The first-order valence-corrected chi connectivity index (χ1v) is 14.6. The molecule has 2 aromatic rings. The number of methoxy groups -OCH3 is 1. The topological polar surface area (TPSA) is 62.7 Å². The number of benzene rings is 1. The number of nitrogens with zero attached hydrogens (tertiary/aromatic N) is 2. The lowest BCUT2D eigenvalue weighted by molar-refractivity contribution is -0.139. The van der Waals surface area contributed by atoms with Crippen LogP contribution in [0, 0.1) is 11.8 Å². The fourth-order valence-corrected chi connectivity index (χ4v) is 7.34. The number of likely N-dealkylation sites (tertiary alicyclic amines) is 1. The number of pyridine rings is 1. The van der Waals surface area contributed by atoms with Gasteiger partial charge in [-0.1, -0.05) is 19.3 Å². The molecule has 35 heavy (non-hydrogen) atoms. The second-order valence-electron chi connectivity index (χ2n) is 10.4. The fraction of sp³-hybridized carbons (Fsp3) is 0.655. The quantitative estimate of drug-likeness (QED) is 0.340. The zero-order chi connectivity index (χ0) is 24.5. The molecule has 0 radical (unpaired) electrons. The molecule has 1 N–H and O–H groups in total. The van der Waals surface area contributed by atoms with Gasteiger partial charge in [-0.3, -0.25) is 9.78 Å². The van der Waals surface area contributed by atoms with Crippen molar-refractivity contribution in [3.8, 4) is 5.75 Å². The highest BCUT2D eigenvalue weighted by Gasteiger charge is 2.30. The van der Waals surface area contributed by atoms with Gasteiger partial charge in [-0.2, -0.15) is 11.8 Å². The van der Waals surface area contributed by atoms with Crippen LogP contribution >= 0.6 is 11.8 Å². The van der Waals surface area contributed by atoms with Crippen LogP contribution in [0.25, 0.3) is 10.9 Å². The number of thioether (sulfide) groups is 1. The first-order valence-electron chi connectivity index (χ1n) is 13.6. The predicted octanol–water partition coefficient (Wildman–Crippen LogP) is 6.43. The van der Waals surface area contributed by atoms with Gasteiger partial charge in [0.25, 0.3) is 0 Å². The van der Waals surface area contributed by atoms with Gasteiger partial charge in [0.05, 0.1) is 12.6 Å². The van der Waals surface area contributed by atoms with E-state index in [0.29, 0.717) is 12.3 Å². The lowest BCUT2D eigenvalue weighted by Crippen LogP contribution is -2.42. The summed E-state index contributed by atoms with van der Waals surface area (Å²) >= 11 is 2.18. The van der Waals surface area contributed by atoms with Gasteiger partial charge in [0.1, 0.15) is 5.75 Å². The van der Waals surface area contributed by atoms with Gasteiger partial charge in [-0.05, 0) is 105 Å². The summed E-state index contributed by atoms with van der Waals surface area (Å²) in [5.41, 5.74) is 2.30. The number of hydrogen-bond donors (Lipinski definition) is 1. The summed E-state index contributed by atoms with van der Waals surface area (Å²) in [7, 11) is 1.70. The Morgan fingerprint density at radius 3 is 2.80 bits per heavy atom. The summed E-state index contributed by atoms with van der Waals surface area (Å²) < 4.78 is 5.41. The van der Waals surface area contributed by atoms with Crippen molar-refractivity contribution >= 4 is 28.6 Å². The number of aryl methyl sites for hydroxylation is 1. The molecule has 0 amide bonds. The second-order valence-corrected chi connectivity index (χ2v) is 11.8. The van der Waals surface area contributed by atoms with E-state index >= 15 is 0 Å². The van der Waals surface area contributed by atoms with Crippen molar-refractivity contribution in [1.82, 2.24) is 9.88 Å². The standard InChI is InChI=1S/C29H42N2O3S/c1-34-25-11-12-28-27(20-25)23(13-15-30-28)8-5-7-22-14-17-31(21-24(22)19-29(32)33)16-6-18-35-26-9-3-2-4-10-26/h11-13,15,20,22,24,26H,2-10,14,16-19,21H2,1H3,(H,32,33)/t22-,24+/m1/s1. The number of aliphatic carboxylic acids is 1. The van der Waals surface area contributed by atoms with Crippen molar-refractivity contribution in [1.29, 1.82) is 0 Å². The summed E-state index contributed by atoms with van der Waals surface area (Å²) in [5, 5.41) is 11.6. The van der Waals surface area contributed by atoms with Crippen LogP contribution in [-0.2, 0) is 11.2 Å². The molecule has 1 saturated heterocycles. The maximum absolute atomic E-state index is 11.6. The monoisotopic (exact) mass is 498 g/mol. The van der Waals surface area contributed by atoms with Crippen molar-refractivity contribution in [3.05, 3.63) is 36.0 Å². The van der Waals surface area contributed by atoms with Crippen molar-refractivity contribution in [3.63, 3.8) is 0 Å². The predicted molar refractivity (Wildman–Crippen MR) is 145 cm³/mol. The van der Waals surface area contributed by atoms with Crippen molar-refractivity contribution in [2.75, 3.05) is 32.5 Å². The number of fused-ring (bicyclic) bond motifs is 1. The molecule has 4 rings (SSSR count). The van der Waals surface area contributed by atoms with Gasteiger partial charge in [0.2, 0.25) is 0 Å². The van der Waals surface area contributed by atoms with E-state index in [4.69, 9.17) is 4.74 Å². The summed E-state index contributed by atoms with van der Waals surface area (Å²) in [6.45, 7) is 3.18. The smallest absolute Gasteiger partial charge is 0.303 e. The highest BCUT2D eigenvalue weighted by Crippen LogP contribution is 2.32. The van der Waals surface area contributed by atoms with Gasteiger partial charge in [-0.15, -0.1) is 0 Å². The lowest BCUT2D eigenvalue weighted by atomic mass is 9.80. The number of hydrogen-bond acceptors (Lipinski definition) is 5. The Balaban J connectivity index is 1.25. The Kier molecular flexibility index (Phi) is 10.1. The second kappa shape index (κ2) is 13.5. The van der Waals surface area contributed by atoms with Crippen molar-refractivity contribution in [2.24, 2.45) is 11.8 Å². The molecule has 0 spiro atoms. The Hall–Kier alpha value is -1.79. The molecule has 1 aromatic carbocycles. The zero-order valence-corrected chi connectivity index (χ0v) is 22.1. The molecule has 5 nitrogen and oxygen atoms in total. The number of ether oxygens (including phenoxy) is 1. The van der Waals surface area contributed by atoms with Crippen LogP contribution in [0.15, 0.2) is 30.5 Å². The van der Waals surface area contributed by atoms with Crippen molar-refractivity contribution < 1.29 is 14.6 Å². The van der Waals surface area contributed by atoms with E-state index < -0.39 is 5.97 Å². The molecule has 2 heterocycles. The Bertz CT molecular complexity index is 947. The summed E-state index contributed by atoms with van der Waals surface area (Å²) in [6.07, 6.45) is 14.8. The Morgan fingerprint density at radius 2 is 2.00 bits per heavy atom. The van der Waals surface area contributed by atoms with Crippen LogP contribution in [0.2, 0.25) is 0 Å². The van der Waals surface area contributed by atoms with Crippen LogP contribution in [-0.4, -0.2) is 58.7 Å². The van der Waals surface area contributed by atoms with Gasteiger partial charge in [0.15, 0.2) is 0 Å². The van der Waals surface area contributed by atoms with Gasteiger partial charge in [-0.25, -0.2) is 0 Å². The molecule has 1 aromatic heterocycles. The molecule has 2 fully saturated rings. The zero-order valence-electron chi connectivity index (χ0n) is 21.3. The molecule has 1 aliphatic heterocycles. The van der Waals surface area contributed by atoms with E-state index in [1.165, 1.54) is 49.8 Å². The van der Waals surface area contributed by atoms with Gasteiger partial charge < -0.3 is 14.7 Å². The van der Waals surface area contributed by atoms with Crippen molar-refractivity contribution in [2.45, 2.75) is 75.9 Å². The Morgan fingerprint density at radius 1 is 1.14 bits per heavy atom. The highest BCUT2D eigenvalue weighted by atomic mass is 32.2. The minimum absolute atomic E-state index is 0.265. The van der Waals surface area contributed by atoms with Crippen LogP contribution < -0.4 is 4.74 Å². The molecule has 2 aliphatic rings. The largest absolute Gasteiger partial charge is 0.497 e. The molecule has 6 heteroatoms. The number of aromatic nitrogens is 1. The maximum Gasteiger partial charge on any atom is 0.303 e. The number of carboxylic acid groups (broad SMARTS) is 1. The summed E-state index contributed by atoms with van der Waals surface area (Å²) in [4.78, 5) is 18.6. The van der Waals surface area contributed by atoms with Crippen LogP contribution in [0.5, 0.6) is 5.75 Å². The number of piperidine rings is 1. The average molecular weight is 499 g/mol. The fourth-order valence-electron chi connectivity index (χ4n) is 6.05. The minimum Gasteiger partial charge on any atom is -0.497 e. The molecule has 1 saturated carbocycles. The van der Waals surface area contributed by atoms with E-state index in [1.54, 1.807) is 7.11 Å². The van der Waals surface area contributed by atoms with Gasteiger partial charge in [0, 0.05) is 29.8 Å². The molecule has 0 unspecified atom stereocenters. The maximum atomic E-state index is 11.6. The molecular formula is C29H42N2O3S. The number of rotatable bonds is 12. The van der Waals surface area contributed by atoms with E-state index in [0.717, 1.165) is 67.2 Å². The normalized spacial score (nSPS) is 21.9. The van der Waals surface area contributed by atoms with Crippen LogP contribution in [0.1, 0.15) is 69.8 Å². The third-order valence-corrected chi connectivity index (χ3v) is 9.46. The number of carboxylic acids is 1. The third kappa shape index (κ3) is 7.85.